The van der Waals surface area contributed by atoms with Crippen LogP contribution < -0.4 is 10.0 Å². The zero-order valence-electron chi connectivity index (χ0n) is 10.8. The van der Waals surface area contributed by atoms with Crippen LogP contribution in [-0.4, -0.2) is 14.2 Å². The zero-order valence-corrected chi connectivity index (χ0v) is 12.4. The fourth-order valence-corrected chi connectivity index (χ4v) is 2.95. The highest BCUT2D eigenvalue weighted by atomic mass is 35.7. The lowest BCUT2D eigenvalue weighted by Crippen LogP contribution is -2.18. The van der Waals surface area contributed by atoms with Crippen LogP contribution in [0.4, 0.5) is 0 Å². The summed E-state index contributed by atoms with van der Waals surface area (Å²) in [4.78, 5) is 0. The molecule has 0 saturated carbocycles. The van der Waals surface area contributed by atoms with Gasteiger partial charge in [-0.2, -0.15) is 0 Å². The van der Waals surface area contributed by atoms with Gasteiger partial charge in [0.1, 0.15) is 5.75 Å². The van der Waals surface area contributed by atoms with Gasteiger partial charge >= 0.3 is 6.72 Å². The summed E-state index contributed by atoms with van der Waals surface area (Å²) in [5.41, 5.74) is 0.835. The number of hydrogen-bond donors (Lipinski definition) is 0. The Balaban J connectivity index is 3.50. The maximum Gasteiger partial charge on any atom is 0.323 e. The fourth-order valence-electron chi connectivity index (χ4n) is 1.64. The average molecular weight is 277 g/mol. The molecule has 0 aliphatic heterocycles. The second-order valence-corrected chi connectivity index (χ2v) is 7.91. The first-order chi connectivity index (χ1) is 7.74. The molecule has 1 rings (SSSR count). The Morgan fingerprint density at radius 3 is 2.24 bits per heavy atom. The van der Waals surface area contributed by atoms with Gasteiger partial charge in [-0.3, -0.25) is 4.57 Å². The Bertz CT molecular complexity index is 452. The van der Waals surface area contributed by atoms with Gasteiger partial charge in [-0.05, 0) is 22.7 Å². The normalized spacial score (nSPS) is 15.4. The largest absolute Gasteiger partial charge is 0.496 e. The molecule has 0 aromatic heterocycles. The third-order valence-electron chi connectivity index (χ3n) is 2.53. The predicted molar refractivity (Wildman–Crippen MR) is 71.8 cm³/mol. The molecule has 17 heavy (non-hydrogen) atoms. The fraction of sp³-hybridized carbons (Fsp3) is 0.500. The molecule has 0 N–H and O–H groups in total. The van der Waals surface area contributed by atoms with Crippen molar-refractivity contribution in [2.24, 2.45) is 0 Å². The molecule has 0 amide bonds. The molecule has 0 aliphatic rings. The van der Waals surface area contributed by atoms with Crippen LogP contribution in [0.1, 0.15) is 26.3 Å². The van der Waals surface area contributed by atoms with Crippen molar-refractivity contribution < 1.29 is 13.8 Å². The molecule has 96 valence electrons. The van der Waals surface area contributed by atoms with E-state index in [-0.39, 0.29) is 5.41 Å². The Labute approximate surface area is 107 Å². The van der Waals surface area contributed by atoms with Crippen LogP contribution in [0.25, 0.3) is 0 Å². The number of para-hydroxylation sites is 1. The van der Waals surface area contributed by atoms with E-state index in [0.29, 0.717) is 11.1 Å². The van der Waals surface area contributed by atoms with Gasteiger partial charge in [0.25, 0.3) is 0 Å². The summed E-state index contributed by atoms with van der Waals surface area (Å²) in [5, 5.41) is 0.414. The van der Waals surface area contributed by atoms with Crippen LogP contribution in [-0.2, 0) is 14.5 Å². The second-order valence-electron chi connectivity index (χ2n) is 4.77. The van der Waals surface area contributed by atoms with Crippen molar-refractivity contribution in [3.8, 4) is 5.75 Å². The van der Waals surface area contributed by atoms with E-state index >= 15 is 0 Å². The van der Waals surface area contributed by atoms with Crippen LogP contribution in [0.15, 0.2) is 18.2 Å². The summed E-state index contributed by atoms with van der Waals surface area (Å²) >= 11 is 5.91. The van der Waals surface area contributed by atoms with Crippen molar-refractivity contribution in [2.45, 2.75) is 26.2 Å². The average Bonchev–Trinajstić information content (AvgIpc) is 2.26. The summed E-state index contributed by atoms with van der Waals surface area (Å²) in [6.45, 7) is 2.84. The zero-order chi connectivity index (χ0) is 13.3. The van der Waals surface area contributed by atoms with Crippen LogP contribution >= 0.6 is 18.0 Å². The number of ether oxygens (including phenoxy) is 1. The van der Waals surface area contributed by atoms with Gasteiger partial charge in [0, 0.05) is 12.7 Å². The molecule has 0 spiro atoms. The molecule has 1 unspecified atom stereocenters. The molecule has 0 aliphatic carbocycles. The highest BCUT2D eigenvalue weighted by Gasteiger charge is 2.30. The second kappa shape index (κ2) is 5.01. The minimum atomic E-state index is -3.33. The monoisotopic (exact) mass is 276 g/mol. The van der Waals surface area contributed by atoms with E-state index in [4.69, 9.17) is 20.5 Å². The topological polar surface area (TPSA) is 35.5 Å². The molecule has 0 saturated heterocycles. The lowest BCUT2D eigenvalue weighted by Gasteiger charge is -2.24. The third kappa shape index (κ3) is 3.04. The molecule has 0 fully saturated rings. The maximum absolute atomic E-state index is 12.1. The van der Waals surface area contributed by atoms with E-state index in [1.807, 2.05) is 12.1 Å². The van der Waals surface area contributed by atoms with Crippen molar-refractivity contribution in [2.75, 3.05) is 14.2 Å². The first kappa shape index (κ1) is 14.6. The first-order valence-electron chi connectivity index (χ1n) is 5.27. The Kier molecular flexibility index (Phi) is 4.29. The lowest BCUT2D eigenvalue weighted by atomic mass is 9.86. The van der Waals surface area contributed by atoms with Crippen molar-refractivity contribution in [1.82, 2.24) is 0 Å². The van der Waals surface area contributed by atoms with Crippen LogP contribution in [0.3, 0.4) is 0 Å². The summed E-state index contributed by atoms with van der Waals surface area (Å²) < 4.78 is 22.3. The Morgan fingerprint density at radius 1 is 1.24 bits per heavy atom. The van der Waals surface area contributed by atoms with Gasteiger partial charge in [0.05, 0.1) is 12.4 Å². The third-order valence-corrected chi connectivity index (χ3v) is 4.89. The SMILES string of the molecule is COc1c(C(C)(C)C)cccc1P(=O)(Cl)OC. The smallest absolute Gasteiger partial charge is 0.323 e. The highest BCUT2D eigenvalue weighted by molar-refractivity contribution is 7.91. The van der Waals surface area contributed by atoms with Gasteiger partial charge in [0.2, 0.25) is 0 Å². The Hall–Kier alpha value is -0.500. The van der Waals surface area contributed by atoms with Crippen LogP contribution in [0, 0.1) is 0 Å². The molecule has 0 heterocycles. The molecule has 1 aromatic rings. The molecule has 1 aromatic carbocycles. The van der Waals surface area contributed by atoms with Gasteiger partial charge in [-0.1, -0.05) is 32.9 Å². The van der Waals surface area contributed by atoms with Crippen LogP contribution in [0.5, 0.6) is 5.75 Å². The molecule has 3 nitrogen and oxygen atoms in total. The minimum Gasteiger partial charge on any atom is -0.496 e. The van der Waals surface area contributed by atoms with E-state index in [0.717, 1.165) is 5.56 Å². The molecular formula is C12H18ClO3P. The van der Waals surface area contributed by atoms with Crippen molar-refractivity contribution in [3.05, 3.63) is 23.8 Å². The molecular weight excluding hydrogens is 259 g/mol. The highest BCUT2D eigenvalue weighted by Crippen LogP contribution is 2.53. The number of halogens is 1. The quantitative estimate of drug-likeness (QED) is 0.790. The lowest BCUT2D eigenvalue weighted by molar-refractivity contribution is 0.394. The van der Waals surface area contributed by atoms with Crippen LogP contribution in [0.2, 0.25) is 0 Å². The van der Waals surface area contributed by atoms with E-state index in [1.54, 1.807) is 13.2 Å². The standard InChI is InChI=1S/C12H18ClO3P/c1-12(2,3)9-7-6-8-10(11(9)15-4)17(13,14)16-5/h6-8H,1-5H3. The van der Waals surface area contributed by atoms with Crippen molar-refractivity contribution in [3.63, 3.8) is 0 Å². The number of methoxy groups -OCH3 is 1. The Morgan fingerprint density at radius 2 is 1.82 bits per heavy atom. The number of rotatable bonds is 3. The minimum absolute atomic E-state index is 0.119. The summed E-state index contributed by atoms with van der Waals surface area (Å²) in [5.74, 6) is 0.542. The van der Waals surface area contributed by atoms with Crippen molar-refractivity contribution >= 4 is 23.3 Å². The van der Waals surface area contributed by atoms with Gasteiger partial charge in [-0.15, -0.1) is 0 Å². The van der Waals surface area contributed by atoms with Crippen molar-refractivity contribution in [1.29, 1.82) is 0 Å². The molecule has 0 bridgehead atoms. The molecule has 5 heteroatoms. The first-order valence-corrected chi connectivity index (χ1v) is 7.80. The van der Waals surface area contributed by atoms with E-state index < -0.39 is 6.72 Å². The van der Waals surface area contributed by atoms with E-state index in [2.05, 4.69) is 20.8 Å². The summed E-state index contributed by atoms with van der Waals surface area (Å²) in [6.07, 6.45) is 0. The summed E-state index contributed by atoms with van der Waals surface area (Å²) in [6, 6.07) is 5.42. The van der Waals surface area contributed by atoms with Gasteiger partial charge < -0.3 is 9.26 Å². The number of hydrogen-bond acceptors (Lipinski definition) is 3. The van der Waals surface area contributed by atoms with Gasteiger partial charge in [0.15, 0.2) is 0 Å². The maximum atomic E-state index is 12.1. The number of benzene rings is 1. The van der Waals surface area contributed by atoms with Gasteiger partial charge in [-0.25, -0.2) is 0 Å². The molecule has 1 atom stereocenters. The van der Waals surface area contributed by atoms with E-state index in [9.17, 15) is 4.57 Å². The predicted octanol–water partition coefficient (Wildman–Crippen LogP) is 3.70. The van der Waals surface area contributed by atoms with E-state index in [1.165, 1.54) is 7.11 Å². The molecule has 0 radical (unpaired) electrons. The summed E-state index contributed by atoms with van der Waals surface area (Å²) in [7, 11) is 2.87.